The second kappa shape index (κ2) is 13.1. The number of primary amides is 1. The zero-order valence-electron chi connectivity index (χ0n) is 8.41. The minimum Gasteiger partial charge on any atom is -0.719 e. The standard InChI is InChI=1S/C6H13NOS.CH3NOS.Mg/c1-3-5(4-2)7-6(8)9;2-1(3)4;/h5H,3-4H2,1-2H3,(H2,7,8,9);(H3,2,3,4);/q;;+2/p-2. The SMILES string of the molecule is CCC(CC)NC(=O)[S-].NC(=O)[S-].[Mg+2]. The summed E-state index contributed by atoms with van der Waals surface area (Å²) in [6.07, 6.45) is 1.91. The van der Waals surface area contributed by atoms with Crippen LogP contribution in [0.15, 0.2) is 0 Å². The van der Waals surface area contributed by atoms with E-state index in [0.717, 1.165) is 12.8 Å². The zero-order chi connectivity index (χ0) is 10.9. The number of hydrogen-bond acceptors (Lipinski definition) is 4. The third-order valence-electron chi connectivity index (χ3n) is 1.31. The molecule has 0 fully saturated rings. The van der Waals surface area contributed by atoms with E-state index in [1.54, 1.807) is 0 Å². The maximum absolute atomic E-state index is 10.3. The van der Waals surface area contributed by atoms with Gasteiger partial charge < -0.3 is 45.9 Å². The first-order valence-corrected chi connectivity index (χ1v) is 4.69. The van der Waals surface area contributed by atoms with E-state index in [9.17, 15) is 4.79 Å². The van der Waals surface area contributed by atoms with Crippen molar-refractivity contribution in [2.45, 2.75) is 32.7 Å². The summed E-state index contributed by atoms with van der Waals surface area (Å²) < 4.78 is 0. The number of carbonyl (C=O) groups excluding carboxylic acids is 2. The maximum Gasteiger partial charge on any atom is 2.00 e. The van der Waals surface area contributed by atoms with E-state index in [-0.39, 0.29) is 34.3 Å². The maximum atomic E-state index is 10.3. The molecule has 0 aliphatic heterocycles. The van der Waals surface area contributed by atoms with Crippen LogP contribution in [-0.2, 0) is 25.3 Å². The summed E-state index contributed by atoms with van der Waals surface area (Å²) in [5, 5.41) is 1.56. The predicted molar refractivity (Wildman–Crippen MR) is 63.0 cm³/mol. The van der Waals surface area contributed by atoms with Crippen LogP contribution in [0.3, 0.4) is 0 Å². The Bertz CT molecular complexity index is 162. The number of rotatable bonds is 3. The van der Waals surface area contributed by atoms with Gasteiger partial charge in [0.15, 0.2) is 0 Å². The Morgan fingerprint density at radius 2 is 1.57 bits per heavy atom. The summed E-state index contributed by atoms with van der Waals surface area (Å²) >= 11 is 8.10. The van der Waals surface area contributed by atoms with Gasteiger partial charge in [-0.15, -0.1) is 0 Å². The van der Waals surface area contributed by atoms with Gasteiger partial charge in [-0.25, -0.2) is 0 Å². The van der Waals surface area contributed by atoms with E-state index < -0.39 is 5.24 Å². The summed E-state index contributed by atoms with van der Waals surface area (Å²) in [5.41, 5.74) is 4.29. The van der Waals surface area contributed by atoms with Crippen LogP contribution in [0.2, 0.25) is 0 Å². The van der Waals surface area contributed by atoms with E-state index in [0.29, 0.717) is 0 Å². The van der Waals surface area contributed by atoms with Crippen LogP contribution in [-0.4, -0.2) is 39.6 Å². The molecule has 0 aromatic carbocycles. The Hall–Kier alpha value is 0.146. The minimum absolute atomic E-state index is 0. The molecule has 0 heterocycles. The Morgan fingerprint density at radius 1 is 1.29 bits per heavy atom. The number of amides is 2. The van der Waals surface area contributed by atoms with Gasteiger partial charge in [0.2, 0.25) is 0 Å². The van der Waals surface area contributed by atoms with Crippen LogP contribution in [0, 0.1) is 0 Å². The van der Waals surface area contributed by atoms with Crippen molar-refractivity contribution in [3.8, 4) is 0 Å². The molecule has 0 aromatic rings. The molecule has 0 bridgehead atoms. The molecular formula is C7H14MgN2O2S2. The first-order chi connectivity index (χ1) is 5.93. The quantitative estimate of drug-likeness (QED) is 0.567. The molecule has 0 unspecified atom stereocenters. The molecule has 0 aliphatic carbocycles. The van der Waals surface area contributed by atoms with Gasteiger partial charge in [0.1, 0.15) is 0 Å². The van der Waals surface area contributed by atoms with Crippen molar-refractivity contribution in [2.24, 2.45) is 5.73 Å². The molecule has 0 aromatic heterocycles. The van der Waals surface area contributed by atoms with Crippen LogP contribution in [0.1, 0.15) is 26.7 Å². The van der Waals surface area contributed by atoms with Gasteiger partial charge in [-0.3, -0.25) is 0 Å². The van der Waals surface area contributed by atoms with Crippen LogP contribution in [0.5, 0.6) is 0 Å². The molecule has 0 spiro atoms. The first kappa shape index (κ1) is 19.7. The van der Waals surface area contributed by atoms with Crippen LogP contribution >= 0.6 is 0 Å². The van der Waals surface area contributed by atoms with Gasteiger partial charge in [0.25, 0.3) is 0 Å². The van der Waals surface area contributed by atoms with E-state index in [2.05, 4.69) is 36.3 Å². The molecule has 0 saturated heterocycles. The van der Waals surface area contributed by atoms with E-state index in [1.807, 2.05) is 13.8 Å². The predicted octanol–water partition coefficient (Wildman–Crippen LogP) is 0.663. The molecule has 78 valence electrons. The van der Waals surface area contributed by atoms with Crippen molar-refractivity contribution in [1.29, 1.82) is 0 Å². The molecular weight excluding hydrogens is 233 g/mol. The summed E-state index contributed by atoms with van der Waals surface area (Å²) in [4.78, 5) is 19.3. The number of nitrogens with one attached hydrogen (secondary N) is 1. The van der Waals surface area contributed by atoms with Crippen molar-refractivity contribution >= 4 is 58.8 Å². The summed E-state index contributed by atoms with van der Waals surface area (Å²) in [7, 11) is 0. The minimum atomic E-state index is -0.750. The molecule has 0 saturated carbocycles. The Kier molecular flexibility index (Phi) is 18.5. The van der Waals surface area contributed by atoms with Gasteiger partial charge >= 0.3 is 23.1 Å². The van der Waals surface area contributed by atoms with Gasteiger partial charge in [0.05, 0.1) is 10.5 Å². The Morgan fingerprint density at radius 3 is 1.64 bits per heavy atom. The summed E-state index contributed by atoms with van der Waals surface area (Å²) in [6.45, 7) is 4.05. The van der Waals surface area contributed by atoms with E-state index in [4.69, 9.17) is 4.79 Å². The Labute approximate surface area is 112 Å². The van der Waals surface area contributed by atoms with Crippen molar-refractivity contribution in [1.82, 2.24) is 5.32 Å². The van der Waals surface area contributed by atoms with Gasteiger partial charge in [-0.1, -0.05) is 13.8 Å². The average Bonchev–Trinajstić information content (AvgIpc) is 1.98. The number of carbonyl (C=O) groups is 2. The molecule has 0 rings (SSSR count). The van der Waals surface area contributed by atoms with Crippen molar-refractivity contribution < 1.29 is 9.59 Å². The summed E-state index contributed by atoms with van der Waals surface area (Å²) in [6, 6.07) is 0.273. The second-order valence-corrected chi connectivity index (χ2v) is 3.04. The molecule has 4 nitrogen and oxygen atoms in total. The largest absolute Gasteiger partial charge is 2.00 e. The van der Waals surface area contributed by atoms with Crippen LogP contribution in [0.25, 0.3) is 0 Å². The second-order valence-electron chi connectivity index (χ2n) is 2.26. The molecule has 7 heteroatoms. The van der Waals surface area contributed by atoms with Gasteiger partial charge in [-0.05, 0) is 12.8 Å². The monoisotopic (exact) mass is 246 g/mol. The van der Waals surface area contributed by atoms with Crippen molar-refractivity contribution in [3.05, 3.63) is 0 Å². The number of hydrogen-bond donors (Lipinski definition) is 2. The molecule has 2 amide bonds. The average molecular weight is 247 g/mol. The van der Waals surface area contributed by atoms with E-state index in [1.165, 1.54) is 0 Å². The number of nitrogens with two attached hydrogens (primary N) is 1. The Balaban J connectivity index is -0.000000209. The van der Waals surface area contributed by atoms with Crippen molar-refractivity contribution in [3.63, 3.8) is 0 Å². The molecule has 0 aliphatic rings. The van der Waals surface area contributed by atoms with E-state index >= 15 is 0 Å². The topological polar surface area (TPSA) is 72.2 Å². The first-order valence-electron chi connectivity index (χ1n) is 3.87. The fourth-order valence-corrected chi connectivity index (χ4v) is 0.826. The van der Waals surface area contributed by atoms with Crippen molar-refractivity contribution in [2.75, 3.05) is 0 Å². The van der Waals surface area contributed by atoms with Crippen LogP contribution < -0.4 is 11.1 Å². The molecule has 3 N–H and O–H groups in total. The fourth-order valence-electron chi connectivity index (χ4n) is 0.659. The third-order valence-corrected chi connectivity index (χ3v) is 1.43. The molecule has 0 atom stereocenters. The summed E-state index contributed by atoms with van der Waals surface area (Å²) in [5.74, 6) is 0. The van der Waals surface area contributed by atoms with Gasteiger partial charge in [0, 0.05) is 6.04 Å². The molecule has 14 heavy (non-hydrogen) atoms. The third kappa shape index (κ3) is 22.7. The fraction of sp³-hybridized carbons (Fsp3) is 0.714. The smallest absolute Gasteiger partial charge is 0.719 e. The normalized spacial score (nSPS) is 7.93. The van der Waals surface area contributed by atoms with Gasteiger partial charge in [-0.2, -0.15) is 0 Å². The molecule has 0 radical (unpaired) electrons. The zero-order valence-corrected chi connectivity index (χ0v) is 11.5. The van der Waals surface area contributed by atoms with Crippen LogP contribution in [0.4, 0.5) is 9.59 Å².